The van der Waals surface area contributed by atoms with Crippen LogP contribution < -0.4 is 18.9 Å². The zero-order chi connectivity index (χ0) is 32.1. The van der Waals surface area contributed by atoms with Gasteiger partial charge in [-0.1, -0.05) is 13.8 Å². The Morgan fingerprint density at radius 1 is 0.886 bits per heavy atom. The Hall–Kier alpha value is -3.84. The van der Waals surface area contributed by atoms with Crippen molar-refractivity contribution in [3.05, 3.63) is 44.7 Å². The number of fused-ring (bicyclic) bond motifs is 2. The molecule has 0 aliphatic carbocycles. The van der Waals surface area contributed by atoms with Crippen molar-refractivity contribution in [1.29, 1.82) is 0 Å². The number of carbonyl (C=O) groups is 4. The minimum Gasteiger partial charge on any atom is -0.493 e. The van der Waals surface area contributed by atoms with Crippen molar-refractivity contribution < 1.29 is 48.3 Å². The van der Waals surface area contributed by atoms with E-state index in [2.05, 4.69) is 15.9 Å². The van der Waals surface area contributed by atoms with Crippen LogP contribution in [0.2, 0.25) is 0 Å². The fourth-order valence-corrected chi connectivity index (χ4v) is 6.52. The van der Waals surface area contributed by atoms with E-state index in [0.717, 1.165) is 21.2 Å². The standard InChI is InChI=1S/C31H34BrNO10S/c1-16(30(36)37)8-21(34)26-12-18-10-23(22(40-3)13-25(18)44-26)42-6-5-7-43-24-11-19-14-33(27(35)9-17(2)31(38)39)15-20(19)28(32)29(24)41-4/h10-13,16-17H,5-9,14-15H2,1-4H3,(H,36,37)(H,38,39). The highest BCUT2D eigenvalue weighted by Gasteiger charge is 2.30. The number of methoxy groups -OCH3 is 2. The lowest BCUT2D eigenvalue weighted by Crippen LogP contribution is -2.28. The summed E-state index contributed by atoms with van der Waals surface area (Å²) in [5.74, 6) is -1.95. The van der Waals surface area contributed by atoms with Gasteiger partial charge in [0.05, 0.1) is 48.6 Å². The molecule has 2 N–H and O–H groups in total. The molecule has 2 unspecified atom stereocenters. The van der Waals surface area contributed by atoms with Gasteiger partial charge in [0.15, 0.2) is 28.8 Å². The number of halogens is 1. The number of carboxylic acids is 2. The highest BCUT2D eigenvalue weighted by Crippen LogP contribution is 2.43. The quantitative estimate of drug-likeness (QED) is 0.148. The van der Waals surface area contributed by atoms with Crippen LogP contribution in [0.3, 0.4) is 0 Å². The fourth-order valence-electron chi connectivity index (χ4n) is 4.76. The number of hydrogen-bond acceptors (Lipinski definition) is 9. The molecule has 0 fully saturated rings. The number of carbonyl (C=O) groups excluding carboxylic acids is 2. The number of nitrogens with zero attached hydrogens (tertiary/aromatic N) is 1. The van der Waals surface area contributed by atoms with E-state index in [1.165, 1.54) is 39.4 Å². The van der Waals surface area contributed by atoms with Gasteiger partial charge < -0.3 is 34.1 Å². The molecule has 2 aromatic carbocycles. The van der Waals surface area contributed by atoms with Gasteiger partial charge in [-0.15, -0.1) is 11.3 Å². The van der Waals surface area contributed by atoms with Crippen molar-refractivity contribution in [2.24, 2.45) is 11.8 Å². The monoisotopic (exact) mass is 691 g/mol. The number of ketones is 1. The molecule has 0 saturated heterocycles. The molecule has 1 aliphatic heterocycles. The van der Waals surface area contributed by atoms with Gasteiger partial charge in [0.1, 0.15) is 0 Å². The third-order valence-electron chi connectivity index (χ3n) is 7.34. The zero-order valence-electron chi connectivity index (χ0n) is 24.8. The number of Topliss-reactive ketones (excluding diaryl/α,β-unsaturated/α-hetero) is 1. The molecule has 0 bridgehead atoms. The fraction of sp³-hybridized carbons (Fsp3) is 0.419. The lowest BCUT2D eigenvalue weighted by Gasteiger charge is -2.16. The Labute approximate surface area is 266 Å². The van der Waals surface area contributed by atoms with Crippen molar-refractivity contribution in [3.63, 3.8) is 0 Å². The Kier molecular flexibility index (Phi) is 10.7. The molecular weight excluding hydrogens is 658 g/mol. The summed E-state index contributed by atoms with van der Waals surface area (Å²) in [6.07, 6.45) is 0.380. The van der Waals surface area contributed by atoms with Gasteiger partial charge in [-0.05, 0) is 50.6 Å². The zero-order valence-corrected chi connectivity index (χ0v) is 27.2. The Morgan fingerprint density at radius 2 is 1.55 bits per heavy atom. The first-order valence-corrected chi connectivity index (χ1v) is 15.6. The van der Waals surface area contributed by atoms with Crippen LogP contribution in [0.15, 0.2) is 28.7 Å². The summed E-state index contributed by atoms with van der Waals surface area (Å²) < 4.78 is 24.6. The number of hydrogen-bond donors (Lipinski definition) is 2. The van der Waals surface area contributed by atoms with Gasteiger partial charge in [-0.3, -0.25) is 19.2 Å². The average molecular weight is 693 g/mol. The molecule has 3 aromatic rings. The maximum Gasteiger partial charge on any atom is 0.306 e. The van der Waals surface area contributed by atoms with Gasteiger partial charge in [-0.25, -0.2) is 0 Å². The highest BCUT2D eigenvalue weighted by molar-refractivity contribution is 9.10. The van der Waals surface area contributed by atoms with E-state index in [1.54, 1.807) is 23.1 Å². The summed E-state index contributed by atoms with van der Waals surface area (Å²) in [5, 5.41) is 19.1. The number of rotatable bonds is 15. The average Bonchev–Trinajstić information content (AvgIpc) is 3.61. The number of ether oxygens (including phenoxy) is 4. The molecule has 236 valence electrons. The van der Waals surface area contributed by atoms with Crippen molar-refractivity contribution in [2.75, 3.05) is 27.4 Å². The van der Waals surface area contributed by atoms with E-state index in [-0.39, 0.29) is 24.5 Å². The maximum absolute atomic E-state index is 12.7. The van der Waals surface area contributed by atoms with Crippen molar-refractivity contribution >= 4 is 61.0 Å². The van der Waals surface area contributed by atoms with Crippen molar-refractivity contribution in [2.45, 2.75) is 46.2 Å². The number of benzene rings is 2. The van der Waals surface area contributed by atoms with Crippen molar-refractivity contribution in [1.82, 2.24) is 4.90 Å². The number of aliphatic carboxylic acids is 2. The molecule has 0 saturated carbocycles. The SMILES string of the molecule is COc1cc2sc(C(=O)CC(C)C(=O)O)cc2cc1OCCCOc1cc2c(c(Br)c1OC)CN(C(=O)CC(C)C(=O)O)C2. The summed E-state index contributed by atoms with van der Waals surface area (Å²) in [5.41, 5.74) is 1.79. The van der Waals surface area contributed by atoms with E-state index in [4.69, 9.17) is 29.2 Å². The Balaban J connectivity index is 1.37. The number of amides is 1. The van der Waals surface area contributed by atoms with Crippen LogP contribution in [-0.4, -0.2) is 66.2 Å². The molecular formula is C31H34BrNO10S. The molecule has 44 heavy (non-hydrogen) atoms. The third-order valence-corrected chi connectivity index (χ3v) is 9.32. The molecule has 2 heterocycles. The molecule has 1 aliphatic rings. The van der Waals surface area contributed by atoms with Crippen LogP contribution in [0.25, 0.3) is 10.1 Å². The van der Waals surface area contributed by atoms with Crippen LogP contribution in [0.4, 0.5) is 0 Å². The van der Waals surface area contributed by atoms with Gasteiger partial charge in [-0.2, -0.15) is 0 Å². The predicted molar refractivity (Wildman–Crippen MR) is 166 cm³/mol. The van der Waals surface area contributed by atoms with Crippen LogP contribution >= 0.6 is 27.3 Å². The Bertz CT molecular complexity index is 1590. The van der Waals surface area contributed by atoms with Crippen LogP contribution in [0.5, 0.6) is 23.0 Å². The van der Waals surface area contributed by atoms with E-state index in [0.29, 0.717) is 65.1 Å². The van der Waals surface area contributed by atoms with E-state index in [1.807, 2.05) is 6.07 Å². The molecule has 2 atom stereocenters. The minimum absolute atomic E-state index is 0.0725. The van der Waals surface area contributed by atoms with Gasteiger partial charge in [0.25, 0.3) is 0 Å². The number of carboxylic acid groups (broad SMARTS) is 2. The first kappa shape index (κ1) is 33.1. The normalized spacial score (nSPS) is 13.7. The van der Waals surface area contributed by atoms with Gasteiger partial charge in [0, 0.05) is 43.1 Å². The predicted octanol–water partition coefficient (Wildman–Crippen LogP) is 5.78. The lowest BCUT2D eigenvalue weighted by atomic mass is 10.0. The number of thiophene rings is 1. The summed E-state index contributed by atoms with van der Waals surface area (Å²) >= 11 is 4.88. The Morgan fingerprint density at radius 3 is 2.18 bits per heavy atom. The summed E-state index contributed by atoms with van der Waals surface area (Å²) in [4.78, 5) is 49.7. The molecule has 4 rings (SSSR count). The van der Waals surface area contributed by atoms with E-state index in [9.17, 15) is 19.2 Å². The van der Waals surface area contributed by atoms with Crippen LogP contribution in [0, 0.1) is 11.8 Å². The molecule has 1 amide bonds. The second-order valence-electron chi connectivity index (χ2n) is 10.6. The summed E-state index contributed by atoms with van der Waals surface area (Å²) in [6.45, 7) is 4.34. The van der Waals surface area contributed by atoms with Crippen molar-refractivity contribution in [3.8, 4) is 23.0 Å². The molecule has 0 spiro atoms. The van der Waals surface area contributed by atoms with Gasteiger partial charge in [0.2, 0.25) is 5.91 Å². The summed E-state index contributed by atoms with van der Waals surface area (Å²) in [7, 11) is 3.07. The largest absolute Gasteiger partial charge is 0.493 e. The first-order valence-electron chi connectivity index (χ1n) is 13.9. The first-order chi connectivity index (χ1) is 20.9. The third kappa shape index (κ3) is 7.44. The minimum atomic E-state index is -1.01. The maximum atomic E-state index is 12.7. The second-order valence-corrected chi connectivity index (χ2v) is 12.5. The lowest BCUT2D eigenvalue weighted by molar-refractivity contribution is -0.145. The highest BCUT2D eigenvalue weighted by atomic mass is 79.9. The second kappa shape index (κ2) is 14.3. The topological polar surface area (TPSA) is 149 Å². The van der Waals surface area contributed by atoms with Crippen LogP contribution in [-0.2, 0) is 27.5 Å². The van der Waals surface area contributed by atoms with Gasteiger partial charge >= 0.3 is 11.9 Å². The van der Waals surface area contributed by atoms with E-state index >= 15 is 0 Å². The molecule has 0 radical (unpaired) electrons. The molecule has 1 aromatic heterocycles. The molecule has 11 nitrogen and oxygen atoms in total. The smallest absolute Gasteiger partial charge is 0.306 e. The molecule has 13 heteroatoms. The van der Waals surface area contributed by atoms with Crippen LogP contribution in [0.1, 0.15) is 53.9 Å². The summed E-state index contributed by atoms with van der Waals surface area (Å²) in [6, 6.07) is 7.18. The van der Waals surface area contributed by atoms with E-state index < -0.39 is 23.8 Å².